The largest absolute Gasteiger partial charge is 0.480 e. The molecular formula is C26H41F3N6O7. The van der Waals surface area contributed by atoms with Gasteiger partial charge in [0.25, 0.3) is 11.7 Å². The van der Waals surface area contributed by atoms with Crippen molar-refractivity contribution in [3.05, 3.63) is 0 Å². The number of hydrogen-bond donors (Lipinski definition) is 3. The van der Waals surface area contributed by atoms with Crippen LogP contribution in [-0.2, 0) is 28.8 Å². The lowest BCUT2D eigenvalue weighted by Gasteiger charge is -2.35. The number of Topliss-reactive ketones (excluding diaryl/α,β-unsaturated/α-hetero) is 2. The molecule has 0 radical (unpaired) electrons. The van der Waals surface area contributed by atoms with Crippen LogP contribution in [0, 0.1) is 11.8 Å². The molecule has 3 amide bonds. The van der Waals surface area contributed by atoms with Crippen molar-refractivity contribution in [2.24, 2.45) is 17.6 Å². The van der Waals surface area contributed by atoms with Gasteiger partial charge in [0.2, 0.25) is 11.8 Å². The number of rotatable bonds is 12. The van der Waals surface area contributed by atoms with Crippen molar-refractivity contribution < 1.29 is 47.0 Å². The van der Waals surface area contributed by atoms with Gasteiger partial charge in [-0.05, 0) is 31.2 Å². The van der Waals surface area contributed by atoms with Crippen LogP contribution in [-0.4, -0.2) is 137 Å². The molecule has 2 rings (SSSR count). The fraction of sp³-hybridized carbons (Fsp3) is 0.769. The number of imide groups is 1. The fourth-order valence-electron chi connectivity index (χ4n) is 5.50. The van der Waals surface area contributed by atoms with E-state index < -0.39 is 84.1 Å². The van der Waals surface area contributed by atoms with Crippen LogP contribution in [0.25, 0.3) is 0 Å². The minimum atomic E-state index is -5.11. The van der Waals surface area contributed by atoms with Gasteiger partial charge in [0.15, 0.2) is 11.3 Å². The van der Waals surface area contributed by atoms with Crippen LogP contribution in [0.5, 0.6) is 0 Å². The summed E-state index contributed by atoms with van der Waals surface area (Å²) < 4.78 is 39.9. The molecule has 4 N–H and O–H groups in total. The Bertz CT molecular complexity index is 1080. The Hall–Kier alpha value is -2.95. The Kier molecular flexibility index (Phi) is 11.4. The average Bonchev–Trinajstić information content (AvgIpc) is 3.48. The van der Waals surface area contributed by atoms with Crippen molar-refractivity contribution in [1.82, 2.24) is 24.9 Å². The van der Waals surface area contributed by atoms with Gasteiger partial charge in [-0.15, -0.1) is 0 Å². The molecular weight excluding hydrogens is 565 g/mol. The Labute approximate surface area is 242 Å². The standard InChI is InChI=1S/C26H41F3N6O7/c1-14(2)20(21(39)26(27,28)29)35-9-7-8-16(35)22(40)31-24(42)25(30,15(3)4)18(36)11-33-10-17(23(41)32(5)6)34(13-33)12-19(37)38/h14-17,20H,7-13,30H2,1-6H3,(H,37,38)(H,31,40,42)/t16-,17?,20-,25+/m0/s1. The molecule has 0 aliphatic carbocycles. The first-order valence-electron chi connectivity index (χ1n) is 13.7. The Morgan fingerprint density at radius 1 is 1.02 bits per heavy atom. The number of likely N-dealkylation sites (N-methyl/N-ethyl adjacent to an activating group) is 1. The van der Waals surface area contributed by atoms with Crippen LogP contribution in [0.15, 0.2) is 0 Å². The number of ketones is 2. The number of hydrogen-bond acceptors (Lipinski definition) is 10. The Morgan fingerprint density at radius 3 is 2.10 bits per heavy atom. The third kappa shape index (κ3) is 7.71. The summed E-state index contributed by atoms with van der Waals surface area (Å²) in [4.78, 5) is 81.4. The summed E-state index contributed by atoms with van der Waals surface area (Å²) in [7, 11) is 3.02. The van der Waals surface area contributed by atoms with Gasteiger partial charge in [0, 0.05) is 20.6 Å². The first-order valence-corrected chi connectivity index (χ1v) is 13.7. The van der Waals surface area contributed by atoms with E-state index in [1.54, 1.807) is 0 Å². The number of halogens is 3. The highest BCUT2D eigenvalue weighted by molar-refractivity contribution is 6.16. The van der Waals surface area contributed by atoms with Gasteiger partial charge in [-0.1, -0.05) is 27.7 Å². The quantitative estimate of drug-likeness (QED) is 0.240. The summed E-state index contributed by atoms with van der Waals surface area (Å²) in [6, 6.07) is -3.71. The highest BCUT2D eigenvalue weighted by atomic mass is 19.4. The van der Waals surface area contributed by atoms with E-state index in [1.165, 1.54) is 56.5 Å². The maximum atomic E-state index is 13.5. The summed E-state index contributed by atoms with van der Waals surface area (Å²) in [6.45, 7) is 4.89. The normalized spacial score (nSPS) is 22.7. The number of nitrogens with two attached hydrogens (primary N) is 1. The van der Waals surface area contributed by atoms with Crippen LogP contribution in [0.4, 0.5) is 13.2 Å². The van der Waals surface area contributed by atoms with Crippen molar-refractivity contribution in [2.75, 3.05) is 46.9 Å². The molecule has 2 aliphatic rings. The number of amides is 3. The molecule has 2 aliphatic heterocycles. The molecule has 16 heteroatoms. The predicted molar refractivity (Wildman–Crippen MR) is 143 cm³/mol. The van der Waals surface area contributed by atoms with E-state index in [0.717, 1.165) is 4.90 Å². The van der Waals surface area contributed by atoms with Crippen LogP contribution in [0.1, 0.15) is 40.5 Å². The molecule has 0 aromatic heterocycles. The molecule has 238 valence electrons. The zero-order chi connectivity index (χ0) is 32.3. The summed E-state index contributed by atoms with van der Waals surface area (Å²) in [5.74, 6) is -8.05. The molecule has 0 bridgehead atoms. The highest BCUT2D eigenvalue weighted by Gasteiger charge is 2.51. The predicted octanol–water partition coefficient (Wildman–Crippen LogP) is -0.711. The maximum absolute atomic E-state index is 13.5. The van der Waals surface area contributed by atoms with E-state index in [2.05, 4.69) is 5.32 Å². The fourth-order valence-corrected chi connectivity index (χ4v) is 5.50. The second-order valence-corrected chi connectivity index (χ2v) is 11.8. The Morgan fingerprint density at radius 2 is 1.62 bits per heavy atom. The molecule has 0 spiro atoms. The van der Waals surface area contributed by atoms with Gasteiger partial charge < -0.3 is 15.7 Å². The zero-order valence-electron chi connectivity index (χ0n) is 24.7. The van der Waals surface area contributed by atoms with E-state index in [0.29, 0.717) is 6.42 Å². The van der Waals surface area contributed by atoms with E-state index in [4.69, 9.17) is 5.73 Å². The minimum absolute atomic E-state index is 0.00832. The van der Waals surface area contributed by atoms with Crippen LogP contribution in [0.3, 0.4) is 0 Å². The number of carbonyl (C=O) groups excluding carboxylic acids is 5. The van der Waals surface area contributed by atoms with E-state index >= 15 is 0 Å². The number of alkyl halides is 3. The number of nitrogens with zero attached hydrogens (tertiary/aromatic N) is 4. The third-order valence-corrected chi connectivity index (χ3v) is 7.80. The summed E-state index contributed by atoms with van der Waals surface area (Å²) in [5, 5.41) is 11.3. The van der Waals surface area contributed by atoms with Crippen molar-refractivity contribution in [1.29, 1.82) is 0 Å². The number of likely N-dealkylation sites (tertiary alicyclic amines) is 1. The van der Waals surface area contributed by atoms with E-state index in [-0.39, 0.29) is 32.1 Å². The van der Waals surface area contributed by atoms with Gasteiger partial charge in [-0.25, -0.2) is 0 Å². The molecule has 13 nitrogen and oxygen atoms in total. The molecule has 4 atom stereocenters. The second-order valence-electron chi connectivity index (χ2n) is 11.8. The van der Waals surface area contributed by atoms with Crippen molar-refractivity contribution in [2.45, 2.75) is 70.4 Å². The van der Waals surface area contributed by atoms with Gasteiger partial charge >= 0.3 is 12.1 Å². The van der Waals surface area contributed by atoms with Crippen molar-refractivity contribution >= 4 is 35.3 Å². The van der Waals surface area contributed by atoms with Crippen LogP contribution >= 0.6 is 0 Å². The lowest BCUT2D eigenvalue weighted by atomic mass is 9.82. The number of nitrogens with one attached hydrogen (secondary N) is 1. The lowest BCUT2D eigenvalue weighted by molar-refractivity contribution is -0.179. The summed E-state index contributed by atoms with van der Waals surface area (Å²) in [6.07, 6.45) is -4.71. The van der Waals surface area contributed by atoms with Gasteiger partial charge in [-0.2, -0.15) is 13.2 Å². The summed E-state index contributed by atoms with van der Waals surface area (Å²) >= 11 is 0. The highest BCUT2D eigenvalue weighted by Crippen LogP contribution is 2.30. The maximum Gasteiger partial charge on any atom is 0.451 e. The molecule has 2 saturated heterocycles. The monoisotopic (exact) mass is 606 g/mol. The smallest absolute Gasteiger partial charge is 0.451 e. The molecule has 1 unspecified atom stereocenters. The third-order valence-electron chi connectivity index (χ3n) is 7.80. The number of aliphatic carboxylic acids is 1. The van der Waals surface area contributed by atoms with Gasteiger partial charge in [-0.3, -0.25) is 48.8 Å². The molecule has 2 fully saturated rings. The SMILES string of the molecule is CC(C)[C@@H](C(=O)C(F)(F)F)N1CCC[C@H]1C(=O)NC(=O)[C@](N)(C(=O)CN1CC(C(=O)N(C)C)N(CC(=O)O)C1)C(C)C. The van der Waals surface area contributed by atoms with Gasteiger partial charge in [0.1, 0.15) is 6.04 Å². The first kappa shape index (κ1) is 35.2. The number of carboxylic acids is 1. The number of carbonyl (C=O) groups is 6. The molecule has 0 aromatic carbocycles. The molecule has 0 saturated carbocycles. The topological polar surface area (TPSA) is 174 Å². The van der Waals surface area contributed by atoms with E-state index in [9.17, 15) is 47.0 Å². The van der Waals surface area contributed by atoms with Gasteiger partial charge in [0.05, 0.1) is 31.8 Å². The Balaban J connectivity index is 2.22. The minimum Gasteiger partial charge on any atom is -0.480 e. The summed E-state index contributed by atoms with van der Waals surface area (Å²) in [5.41, 5.74) is 4.08. The zero-order valence-corrected chi connectivity index (χ0v) is 24.7. The second kappa shape index (κ2) is 13.6. The van der Waals surface area contributed by atoms with Crippen LogP contribution in [0.2, 0.25) is 0 Å². The molecule has 42 heavy (non-hydrogen) atoms. The van der Waals surface area contributed by atoms with Crippen molar-refractivity contribution in [3.8, 4) is 0 Å². The van der Waals surface area contributed by atoms with Crippen LogP contribution < -0.4 is 11.1 Å². The lowest BCUT2D eigenvalue weighted by Crippen LogP contribution is -2.67. The molecule has 2 heterocycles. The average molecular weight is 607 g/mol. The van der Waals surface area contributed by atoms with Crippen molar-refractivity contribution in [3.63, 3.8) is 0 Å². The number of carboxylic acid groups (broad SMARTS) is 1. The molecule has 0 aromatic rings. The first-order chi connectivity index (χ1) is 19.2. The van der Waals surface area contributed by atoms with E-state index in [1.807, 2.05) is 0 Å².